The summed E-state index contributed by atoms with van der Waals surface area (Å²) in [4.78, 5) is 13.7. The molecule has 0 spiro atoms. The SMILES string of the molecule is CCN(CC)C(=O)CNC1CCC(OC)CC1. The van der Waals surface area contributed by atoms with Crippen molar-refractivity contribution >= 4 is 5.91 Å². The minimum Gasteiger partial charge on any atom is -0.381 e. The van der Waals surface area contributed by atoms with E-state index in [2.05, 4.69) is 5.32 Å². The number of hydrogen-bond acceptors (Lipinski definition) is 3. The van der Waals surface area contributed by atoms with E-state index in [0.29, 0.717) is 18.7 Å². The molecule has 17 heavy (non-hydrogen) atoms. The third kappa shape index (κ3) is 4.64. The molecule has 1 aliphatic carbocycles. The standard InChI is InChI=1S/C13H26N2O2/c1-4-15(5-2)13(16)10-14-11-6-8-12(17-3)9-7-11/h11-12,14H,4-10H2,1-3H3. The molecule has 4 heteroatoms. The maximum atomic E-state index is 11.8. The highest BCUT2D eigenvalue weighted by atomic mass is 16.5. The molecule has 1 fully saturated rings. The van der Waals surface area contributed by atoms with Crippen molar-refractivity contribution in [2.24, 2.45) is 0 Å². The fraction of sp³-hybridized carbons (Fsp3) is 0.923. The van der Waals surface area contributed by atoms with Gasteiger partial charge in [0.2, 0.25) is 5.91 Å². The summed E-state index contributed by atoms with van der Waals surface area (Å²) in [6.45, 7) is 6.11. The van der Waals surface area contributed by atoms with Crippen molar-refractivity contribution in [1.29, 1.82) is 0 Å². The molecule has 100 valence electrons. The number of carbonyl (C=O) groups excluding carboxylic acids is 1. The van der Waals surface area contributed by atoms with Crippen LogP contribution in [0.1, 0.15) is 39.5 Å². The summed E-state index contributed by atoms with van der Waals surface area (Å²) in [5, 5.41) is 3.37. The van der Waals surface area contributed by atoms with Crippen molar-refractivity contribution in [3.05, 3.63) is 0 Å². The van der Waals surface area contributed by atoms with Crippen LogP contribution in [0.5, 0.6) is 0 Å². The van der Waals surface area contributed by atoms with Crippen LogP contribution >= 0.6 is 0 Å². The first-order valence-corrected chi connectivity index (χ1v) is 6.75. The normalized spacial score (nSPS) is 24.6. The molecule has 0 radical (unpaired) electrons. The molecule has 0 aromatic carbocycles. The molecular weight excluding hydrogens is 216 g/mol. The van der Waals surface area contributed by atoms with Gasteiger partial charge in [-0.25, -0.2) is 0 Å². The quantitative estimate of drug-likeness (QED) is 0.765. The van der Waals surface area contributed by atoms with Gasteiger partial charge >= 0.3 is 0 Å². The number of likely N-dealkylation sites (N-methyl/N-ethyl adjacent to an activating group) is 1. The van der Waals surface area contributed by atoms with Crippen molar-refractivity contribution in [2.45, 2.75) is 51.7 Å². The predicted molar refractivity (Wildman–Crippen MR) is 69.0 cm³/mol. The van der Waals surface area contributed by atoms with Gasteiger partial charge in [0.15, 0.2) is 0 Å². The first kappa shape index (κ1) is 14.5. The van der Waals surface area contributed by atoms with E-state index in [0.717, 1.165) is 38.8 Å². The van der Waals surface area contributed by atoms with Crippen LogP contribution < -0.4 is 5.32 Å². The van der Waals surface area contributed by atoms with Crippen LogP contribution in [0.15, 0.2) is 0 Å². The third-order valence-corrected chi connectivity index (χ3v) is 3.67. The Morgan fingerprint density at radius 3 is 2.29 bits per heavy atom. The molecule has 1 rings (SSSR count). The second kappa shape index (κ2) is 7.67. The van der Waals surface area contributed by atoms with Gasteiger partial charge in [-0.05, 0) is 39.5 Å². The number of nitrogens with one attached hydrogen (secondary N) is 1. The molecular formula is C13H26N2O2. The molecule has 0 bridgehead atoms. The lowest BCUT2D eigenvalue weighted by Gasteiger charge is -2.29. The van der Waals surface area contributed by atoms with Crippen molar-refractivity contribution in [1.82, 2.24) is 10.2 Å². The van der Waals surface area contributed by atoms with E-state index in [1.165, 1.54) is 0 Å². The monoisotopic (exact) mass is 242 g/mol. The molecule has 1 N–H and O–H groups in total. The number of ether oxygens (including phenoxy) is 1. The van der Waals surface area contributed by atoms with Crippen molar-refractivity contribution in [3.63, 3.8) is 0 Å². The van der Waals surface area contributed by atoms with Gasteiger partial charge in [0, 0.05) is 26.2 Å². The highest BCUT2D eigenvalue weighted by Gasteiger charge is 2.21. The number of carbonyl (C=O) groups is 1. The molecule has 1 saturated carbocycles. The Labute approximate surface area is 105 Å². The Balaban J connectivity index is 2.21. The zero-order valence-corrected chi connectivity index (χ0v) is 11.4. The van der Waals surface area contributed by atoms with Crippen LogP contribution in [0, 0.1) is 0 Å². The fourth-order valence-electron chi connectivity index (χ4n) is 2.42. The molecule has 0 aliphatic heterocycles. The highest BCUT2D eigenvalue weighted by Crippen LogP contribution is 2.20. The van der Waals surface area contributed by atoms with E-state index in [1.807, 2.05) is 18.7 Å². The van der Waals surface area contributed by atoms with E-state index >= 15 is 0 Å². The summed E-state index contributed by atoms with van der Waals surface area (Å²) in [7, 11) is 1.78. The fourth-order valence-corrected chi connectivity index (χ4v) is 2.42. The maximum Gasteiger partial charge on any atom is 0.236 e. The van der Waals surface area contributed by atoms with Gasteiger partial charge in [-0.3, -0.25) is 4.79 Å². The minimum atomic E-state index is 0.212. The van der Waals surface area contributed by atoms with Gasteiger partial charge in [0.25, 0.3) is 0 Å². The number of amides is 1. The molecule has 0 aromatic rings. The van der Waals surface area contributed by atoms with Crippen molar-refractivity contribution < 1.29 is 9.53 Å². The Morgan fingerprint density at radius 1 is 1.24 bits per heavy atom. The molecule has 0 heterocycles. The second-order valence-electron chi connectivity index (χ2n) is 4.66. The van der Waals surface area contributed by atoms with Crippen LogP contribution in [-0.2, 0) is 9.53 Å². The van der Waals surface area contributed by atoms with Crippen molar-refractivity contribution in [3.8, 4) is 0 Å². The van der Waals surface area contributed by atoms with E-state index < -0.39 is 0 Å². The molecule has 0 saturated heterocycles. The first-order chi connectivity index (χ1) is 8.21. The maximum absolute atomic E-state index is 11.8. The van der Waals surface area contributed by atoms with Gasteiger partial charge in [0.1, 0.15) is 0 Å². The van der Waals surface area contributed by atoms with Gasteiger partial charge in [-0.15, -0.1) is 0 Å². The lowest BCUT2D eigenvalue weighted by Crippen LogP contribution is -2.43. The first-order valence-electron chi connectivity index (χ1n) is 6.75. The molecule has 0 atom stereocenters. The summed E-state index contributed by atoms with van der Waals surface area (Å²) >= 11 is 0. The lowest BCUT2D eigenvalue weighted by atomic mass is 9.93. The number of rotatable bonds is 6. The minimum absolute atomic E-state index is 0.212. The Kier molecular flexibility index (Phi) is 6.52. The summed E-state index contributed by atoms with van der Waals surface area (Å²) in [5.41, 5.74) is 0. The van der Waals surface area contributed by atoms with Crippen LogP contribution in [0.2, 0.25) is 0 Å². The average Bonchev–Trinajstić information content (AvgIpc) is 2.38. The number of hydrogen-bond donors (Lipinski definition) is 1. The van der Waals surface area contributed by atoms with Crippen LogP contribution in [-0.4, -0.2) is 49.7 Å². The van der Waals surface area contributed by atoms with E-state index in [-0.39, 0.29) is 5.91 Å². The number of nitrogens with zero attached hydrogens (tertiary/aromatic N) is 1. The molecule has 0 unspecified atom stereocenters. The van der Waals surface area contributed by atoms with E-state index in [4.69, 9.17) is 4.74 Å². The molecule has 1 amide bonds. The Hall–Kier alpha value is -0.610. The smallest absolute Gasteiger partial charge is 0.236 e. The van der Waals surface area contributed by atoms with Gasteiger partial charge in [-0.1, -0.05) is 0 Å². The van der Waals surface area contributed by atoms with Crippen LogP contribution in [0.25, 0.3) is 0 Å². The van der Waals surface area contributed by atoms with Crippen LogP contribution in [0.3, 0.4) is 0 Å². The van der Waals surface area contributed by atoms with E-state index in [1.54, 1.807) is 7.11 Å². The largest absolute Gasteiger partial charge is 0.381 e. The lowest BCUT2D eigenvalue weighted by molar-refractivity contribution is -0.130. The summed E-state index contributed by atoms with van der Waals surface area (Å²) in [5.74, 6) is 0.212. The molecule has 4 nitrogen and oxygen atoms in total. The topological polar surface area (TPSA) is 41.6 Å². The van der Waals surface area contributed by atoms with Crippen LogP contribution in [0.4, 0.5) is 0 Å². The summed E-state index contributed by atoms with van der Waals surface area (Å²) < 4.78 is 5.34. The van der Waals surface area contributed by atoms with E-state index in [9.17, 15) is 4.79 Å². The number of methoxy groups -OCH3 is 1. The molecule has 1 aliphatic rings. The third-order valence-electron chi connectivity index (χ3n) is 3.67. The zero-order chi connectivity index (χ0) is 12.7. The predicted octanol–water partition coefficient (Wildman–Crippen LogP) is 1.40. The van der Waals surface area contributed by atoms with Crippen molar-refractivity contribution in [2.75, 3.05) is 26.7 Å². The Morgan fingerprint density at radius 2 is 1.82 bits per heavy atom. The second-order valence-corrected chi connectivity index (χ2v) is 4.66. The Bertz CT molecular complexity index is 221. The van der Waals surface area contributed by atoms with Gasteiger partial charge in [-0.2, -0.15) is 0 Å². The highest BCUT2D eigenvalue weighted by molar-refractivity contribution is 5.78. The van der Waals surface area contributed by atoms with Gasteiger partial charge in [0.05, 0.1) is 12.6 Å². The summed E-state index contributed by atoms with van der Waals surface area (Å²) in [6, 6.07) is 0.487. The average molecular weight is 242 g/mol. The zero-order valence-electron chi connectivity index (χ0n) is 11.4. The molecule has 0 aromatic heterocycles. The van der Waals surface area contributed by atoms with Gasteiger partial charge < -0.3 is 15.0 Å². The summed E-state index contributed by atoms with van der Waals surface area (Å²) in [6.07, 6.45) is 4.86.